The van der Waals surface area contributed by atoms with E-state index in [1.165, 1.54) is 89.9 Å². The maximum absolute atomic E-state index is 11.1. The Morgan fingerprint density at radius 1 is 0.679 bits per heavy atom. The SMILES string of the molecule is CCCCCCCCCCCCCCCCCCOC(=O)/C=C/C(=O)O.[H-].[H-].[Na+].[Na+]. The van der Waals surface area contributed by atoms with E-state index in [4.69, 9.17) is 9.84 Å². The molecule has 0 aromatic heterocycles. The molecular formula is C22H42Na2O4. The van der Waals surface area contributed by atoms with Crippen molar-refractivity contribution in [1.82, 2.24) is 0 Å². The summed E-state index contributed by atoms with van der Waals surface area (Å²) < 4.78 is 4.92. The molecule has 0 amide bonds. The van der Waals surface area contributed by atoms with E-state index in [0.29, 0.717) is 6.61 Å². The minimum Gasteiger partial charge on any atom is -1.00 e. The zero-order chi connectivity index (χ0) is 19.3. The van der Waals surface area contributed by atoms with Gasteiger partial charge in [0, 0.05) is 12.2 Å². The minimum atomic E-state index is -1.13. The van der Waals surface area contributed by atoms with E-state index in [9.17, 15) is 9.59 Å². The second kappa shape index (κ2) is 27.7. The third-order valence-corrected chi connectivity index (χ3v) is 4.60. The van der Waals surface area contributed by atoms with Crippen molar-refractivity contribution < 1.29 is 81.4 Å². The van der Waals surface area contributed by atoms with Gasteiger partial charge in [-0.25, -0.2) is 9.59 Å². The first-order chi connectivity index (χ1) is 12.7. The number of hydrogen-bond donors (Lipinski definition) is 1. The van der Waals surface area contributed by atoms with Gasteiger partial charge in [-0.05, 0) is 6.42 Å². The van der Waals surface area contributed by atoms with Gasteiger partial charge in [0.25, 0.3) is 0 Å². The number of carboxylic acids is 1. The van der Waals surface area contributed by atoms with Crippen LogP contribution in [0.15, 0.2) is 12.2 Å². The zero-order valence-corrected chi connectivity index (χ0v) is 22.8. The molecule has 0 radical (unpaired) electrons. The van der Waals surface area contributed by atoms with Crippen molar-refractivity contribution in [2.45, 2.75) is 110 Å². The van der Waals surface area contributed by atoms with Crippen LogP contribution in [-0.2, 0) is 14.3 Å². The van der Waals surface area contributed by atoms with Crippen LogP contribution in [0.5, 0.6) is 0 Å². The molecule has 6 heteroatoms. The maximum Gasteiger partial charge on any atom is 1.00 e. The average molecular weight is 417 g/mol. The second-order valence-corrected chi connectivity index (χ2v) is 7.14. The molecule has 0 atom stereocenters. The standard InChI is InChI=1S/C22H40O4.2Na.2H/c1-2-3-4-5-6-7-8-9-10-11-12-13-14-15-16-17-20-26-22(25)19-18-21(23)24;;;;/h18-19H,2-17,20H2,1H3,(H,23,24);;;;/q;2*+1;2*-1/b19-18+;;;;. The third-order valence-electron chi connectivity index (χ3n) is 4.60. The van der Waals surface area contributed by atoms with Crippen LogP contribution >= 0.6 is 0 Å². The van der Waals surface area contributed by atoms with Gasteiger partial charge in [-0.15, -0.1) is 0 Å². The number of aliphatic carboxylic acids is 1. The molecule has 0 spiro atoms. The Kier molecular flexibility index (Phi) is 32.9. The molecule has 0 aliphatic rings. The molecule has 28 heavy (non-hydrogen) atoms. The van der Waals surface area contributed by atoms with E-state index in [-0.39, 0.29) is 62.0 Å². The van der Waals surface area contributed by atoms with Crippen LogP contribution in [-0.4, -0.2) is 23.7 Å². The Labute approximate surface area is 220 Å². The first-order valence-electron chi connectivity index (χ1n) is 10.7. The van der Waals surface area contributed by atoms with Gasteiger partial charge in [0.1, 0.15) is 0 Å². The Hall–Kier alpha value is 0.680. The quantitative estimate of drug-likeness (QED) is 0.145. The number of esters is 1. The maximum atomic E-state index is 11.1. The van der Waals surface area contributed by atoms with E-state index in [1.54, 1.807) is 0 Å². The molecule has 1 N–H and O–H groups in total. The average Bonchev–Trinajstić information content (AvgIpc) is 2.62. The summed E-state index contributed by atoms with van der Waals surface area (Å²) in [5, 5.41) is 8.39. The number of ether oxygens (including phenoxy) is 1. The molecule has 0 aliphatic carbocycles. The monoisotopic (exact) mass is 416 g/mol. The minimum absolute atomic E-state index is 0. The molecule has 0 heterocycles. The second-order valence-electron chi connectivity index (χ2n) is 7.14. The van der Waals surface area contributed by atoms with Crippen molar-refractivity contribution in [2.75, 3.05) is 6.61 Å². The molecule has 4 nitrogen and oxygen atoms in total. The molecule has 0 rings (SSSR count). The van der Waals surface area contributed by atoms with Crippen LogP contribution in [0.1, 0.15) is 113 Å². The zero-order valence-electron chi connectivity index (χ0n) is 20.8. The van der Waals surface area contributed by atoms with Crippen molar-refractivity contribution in [1.29, 1.82) is 0 Å². The topological polar surface area (TPSA) is 63.6 Å². The number of hydrogen-bond acceptors (Lipinski definition) is 3. The number of carbonyl (C=O) groups is 2. The summed E-state index contributed by atoms with van der Waals surface area (Å²) in [6, 6.07) is 0. The number of rotatable bonds is 19. The molecule has 0 saturated heterocycles. The number of carbonyl (C=O) groups excluding carboxylic acids is 1. The molecule has 0 fully saturated rings. The summed E-state index contributed by atoms with van der Waals surface area (Å²) in [7, 11) is 0. The fourth-order valence-electron chi connectivity index (χ4n) is 3.01. The summed E-state index contributed by atoms with van der Waals surface area (Å²) in [5.74, 6) is -1.71. The van der Waals surface area contributed by atoms with Crippen LogP contribution < -0.4 is 59.1 Å². The van der Waals surface area contributed by atoms with Crippen LogP contribution in [0.2, 0.25) is 0 Å². The summed E-state index contributed by atoms with van der Waals surface area (Å²) in [6.07, 6.45) is 22.7. The summed E-state index contributed by atoms with van der Waals surface area (Å²) in [5.41, 5.74) is 0. The number of unbranched alkanes of at least 4 members (excludes halogenated alkanes) is 15. The van der Waals surface area contributed by atoms with Crippen molar-refractivity contribution in [2.24, 2.45) is 0 Å². The fourth-order valence-corrected chi connectivity index (χ4v) is 3.01. The van der Waals surface area contributed by atoms with Gasteiger partial charge in [0.2, 0.25) is 0 Å². The molecule has 156 valence electrons. The van der Waals surface area contributed by atoms with E-state index in [0.717, 1.165) is 25.0 Å². The van der Waals surface area contributed by atoms with Crippen molar-refractivity contribution in [3.63, 3.8) is 0 Å². The molecule has 0 saturated carbocycles. The summed E-state index contributed by atoms with van der Waals surface area (Å²) >= 11 is 0. The molecule has 0 aromatic rings. The molecular weight excluding hydrogens is 374 g/mol. The van der Waals surface area contributed by atoms with Crippen molar-refractivity contribution in [3.8, 4) is 0 Å². The Bertz CT molecular complexity index is 384. The Balaban J connectivity index is -0.000000521. The fraction of sp³-hybridized carbons (Fsp3) is 0.818. The van der Waals surface area contributed by atoms with Gasteiger partial charge >= 0.3 is 71.1 Å². The molecule has 0 aromatic carbocycles. The first-order valence-corrected chi connectivity index (χ1v) is 10.7. The van der Waals surface area contributed by atoms with Gasteiger partial charge in [0.05, 0.1) is 6.61 Å². The first kappa shape index (κ1) is 33.3. The molecule has 0 unspecified atom stereocenters. The molecule has 0 aliphatic heterocycles. The summed E-state index contributed by atoms with van der Waals surface area (Å²) in [4.78, 5) is 21.4. The van der Waals surface area contributed by atoms with E-state index >= 15 is 0 Å². The van der Waals surface area contributed by atoms with Crippen LogP contribution in [0, 0.1) is 0 Å². The van der Waals surface area contributed by atoms with Crippen molar-refractivity contribution in [3.05, 3.63) is 12.2 Å². The predicted molar refractivity (Wildman–Crippen MR) is 110 cm³/mol. The predicted octanol–water partition coefficient (Wildman–Crippen LogP) is 0.665. The summed E-state index contributed by atoms with van der Waals surface area (Å²) in [6.45, 7) is 2.64. The smallest absolute Gasteiger partial charge is 1.00 e. The Morgan fingerprint density at radius 3 is 1.39 bits per heavy atom. The van der Waals surface area contributed by atoms with Gasteiger partial charge in [-0.2, -0.15) is 0 Å². The van der Waals surface area contributed by atoms with Crippen LogP contribution in [0.4, 0.5) is 0 Å². The van der Waals surface area contributed by atoms with E-state index in [2.05, 4.69) is 6.92 Å². The van der Waals surface area contributed by atoms with Gasteiger partial charge in [-0.3, -0.25) is 0 Å². The van der Waals surface area contributed by atoms with Crippen LogP contribution in [0.3, 0.4) is 0 Å². The van der Waals surface area contributed by atoms with Crippen molar-refractivity contribution >= 4 is 11.9 Å². The van der Waals surface area contributed by atoms with E-state index in [1.807, 2.05) is 0 Å². The van der Waals surface area contributed by atoms with E-state index < -0.39 is 11.9 Å². The van der Waals surface area contributed by atoms with Gasteiger partial charge in [0.15, 0.2) is 0 Å². The van der Waals surface area contributed by atoms with Crippen LogP contribution in [0.25, 0.3) is 0 Å². The number of carboxylic acid groups (broad SMARTS) is 1. The third kappa shape index (κ3) is 28.9. The van der Waals surface area contributed by atoms with Gasteiger partial charge < -0.3 is 12.7 Å². The van der Waals surface area contributed by atoms with Gasteiger partial charge in [-0.1, -0.05) is 103 Å². The Morgan fingerprint density at radius 2 is 1.04 bits per heavy atom. The molecule has 0 bridgehead atoms. The largest absolute Gasteiger partial charge is 1.00 e. The normalized spacial score (nSPS) is 10.3.